The fourth-order valence-electron chi connectivity index (χ4n) is 2.17. The molecule has 1 aromatic carbocycles. The van der Waals surface area contributed by atoms with Crippen LogP contribution in [0.5, 0.6) is 0 Å². The first kappa shape index (κ1) is 17.4. The summed E-state index contributed by atoms with van der Waals surface area (Å²) in [6.07, 6.45) is -1.10. The molecule has 1 heterocycles. The van der Waals surface area contributed by atoms with Gasteiger partial charge in [0, 0.05) is 17.6 Å². The molecule has 0 fully saturated rings. The number of carbonyl (C=O) groups excluding carboxylic acids is 3. The van der Waals surface area contributed by atoms with Gasteiger partial charge in [0.2, 0.25) is 0 Å². The molecule has 3 amide bonds. The molecule has 7 heteroatoms. The summed E-state index contributed by atoms with van der Waals surface area (Å²) in [6.45, 7) is 5.29. The largest absolute Gasteiger partial charge is 0.449 e. The van der Waals surface area contributed by atoms with Crippen LogP contribution in [0, 0.1) is 6.92 Å². The van der Waals surface area contributed by atoms with Gasteiger partial charge in [-0.3, -0.25) is 15.1 Å². The fourth-order valence-corrected chi connectivity index (χ4v) is 2.17. The van der Waals surface area contributed by atoms with Crippen molar-refractivity contribution in [2.24, 2.45) is 0 Å². The summed E-state index contributed by atoms with van der Waals surface area (Å²) < 4.78 is 5.18. The second-order valence-electron chi connectivity index (χ2n) is 5.22. The van der Waals surface area contributed by atoms with Crippen LogP contribution in [0.1, 0.15) is 29.9 Å². The number of carbonyl (C=O) groups is 3. The third-order valence-corrected chi connectivity index (χ3v) is 3.29. The fraction of sp³-hybridized carbons (Fsp3) is 0.294. The lowest BCUT2D eigenvalue weighted by Gasteiger charge is -2.14. The van der Waals surface area contributed by atoms with Crippen LogP contribution in [0.15, 0.2) is 30.3 Å². The minimum absolute atomic E-state index is 0.329. The number of rotatable bonds is 4. The number of amides is 3. The summed E-state index contributed by atoms with van der Waals surface area (Å²) in [5, 5.41) is 5.18. The Kier molecular flexibility index (Phi) is 5.47. The number of imide groups is 1. The predicted octanol–water partition coefficient (Wildman–Crippen LogP) is 1.93. The lowest BCUT2D eigenvalue weighted by Crippen LogP contribution is -2.44. The Morgan fingerprint density at radius 2 is 1.96 bits per heavy atom. The highest BCUT2D eigenvalue weighted by Gasteiger charge is 2.22. The standard InChI is InChI=1S/C17H19N3O4/c1-4-18-17(23)20-15(21)11(3)24-16(22)13-9-10(2)19-14-8-6-5-7-12(13)14/h5-9,11H,4H2,1-3H3,(H2,18,20,21,23)/t11-/m1/s1. The van der Waals surface area contributed by atoms with Crippen molar-refractivity contribution in [1.29, 1.82) is 0 Å². The molecule has 2 rings (SSSR count). The van der Waals surface area contributed by atoms with Crippen LogP contribution < -0.4 is 10.6 Å². The summed E-state index contributed by atoms with van der Waals surface area (Å²) in [5.74, 6) is -1.33. The van der Waals surface area contributed by atoms with Crippen molar-refractivity contribution in [2.45, 2.75) is 26.9 Å². The number of aromatic nitrogens is 1. The molecule has 7 nitrogen and oxygen atoms in total. The molecule has 0 aliphatic heterocycles. The molecular weight excluding hydrogens is 310 g/mol. The van der Waals surface area contributed by atoms with Crippen LogP contribution in [0.25, 0.3) is 10.9 Å². The molecule has 24 heavy (non-hydrogen) atoms. The van der Waals surface area contributed by atoms with Crippen molar-refractivity contribution in [3.8, 4) is 0 Å². The monoisotopic (exact) mass is 329 g/mol. The van der Waals surface area contributed by atoms with Crippen molar-refractivity contribution >= 4 is 28.8 Å². The average Bonchev–Trinajstić information content (AvgIpc) is 2.53. The van der Waals surface area contributed by atoms with E-state index in [0.29, 0.717) is 28.7 Å². The van der Waals surface area contributed by atoms with Gasteiger partial charge in [0.15, 0.2) is 6.10 Å². The number of nitrogens with one attached hydrogen (secondary N) is 2. The molecule has 0 bridgehead atoms. The van der Waals surface area contributed by atoms with Crippen LogP contribution in [0.4, 0.5) is 4.79 Å². The van der Waals surface area contributed by atoms with Gasteiger partial charge in [-0.05, 0) is 32.9 Å². The number of fused-ring (bicyclic) bond motifs is 1. The number of pyridine rings is 1. The lowest BCUT2D eigenvalue weighted by atomic mass is 10.1. The maximum atomic E-state index is 12.4. The normalized spacial score (nSPS) is 11.6. The summed E-state index contributed by atoms with van der Waals surface area (Å²) in [7, 11) is 0. The van der Waals surface area contributed by atoms with Gasteiger partial charge in [0.05, 0.1) is 11.1 Å². The van der Waals surface area contributed by atoms with Crippen molar-refractivity contribution in [2.75, 3.05) is 6.54 Å². The Morgan fingerprint density at radius 3 is 2.67 bits per heavy atom. The van der Waals surface area contributed by atoms with Gasteiger partial charge in [-0.15, -0.1) is 0 Å². The third-order valence-electron chi connectivity index (χ3n) is 3.29. The number of urea groups is 1. The first-order valence-corrected chi connectivity index (χ1v) is 7.58. The zero-order valence-corrected chi connectivity index (χ0v) is 13.8. The highest BCUT2D eigenvalue weighted by atomic mass is 16.5. The van der Waals surface area contributed by atoms with E-state index in [2.05, 4.69) is 15.6 Å². The zero-order chi connectivity index (χ0) is 17.7. The van der Waals surface area contributed by atoms with Gasteiger partial charge in [-0.1, -0.05) is 18.2 Å². The first-order chi connectivity index (χ1) is 11.4. The average molecular weight is 329 g/mol. The van der Waals surface area contributed by atoms with Crippen molar-refractivity contribution < 1.29 is 19.1 Å². The minimum atomic E-state index is -1.10. The molecule has 0 aliphatic carbocycles. The molecule has 0 aliphatic rings. The SMILES string of the molecule is CCNC(=O)NC(=O)[C@@H](C)OC(=O)c1cc(C)nc2ccccc12. The summed E-state index contributed by atoms with van der Waals surface area (Å²) in [4.78, 5) is 40.0. The highest BCUT2D eigenvalue weighted by Crippen LogP contribution is 2.19. The molecule has 2 N–H and O–H groups in total. The number of aryl methyl sites for hydroxylation is 1. The number of hydrogen-bond acceptors (Lipinski definition) is 5. The predicted molar refractivity (Wildman–Crippen MR) is 88.6 cm³/mol. The van der Waals surface area contributed by atoms with Crippen LogP contribution in [-0.4, -0.2) is 35.5 Å². The van der Waals surface area contributed by atoms with E-state index in [4.69, 9.17) is 4.74 Å². The van der Waals surface area contributed by atoms with E-state index in [1.807, 2.05) is 6.07 Å². The summed E-state index contributed by atoms with van der Waals surface area (Å²) >= 11 is 0. The number of para-hydroxylation sites is 1. The number of benzene rings is 1. The molecule has 0 saturated heterocycles. The Morgan fingerprint density at radius 1 is 1.25 bits per heavy atom. The quantitative estimate of drug-likeness (QED) is 0.835. The van der Waals surface area contributed by atoms with Crippen LogP contribution in [-0.2, 0) is 9.53 Å². The zero-order valence-electron chi connectivity index (χ0n) is 13.8. The first-order valence-electron chi connectivity index (χ1n) is 7.58. The van der Waals surface area contributed by atoms with Crippen molar-refractivity contribution in [3.05, 3.63) is 41.6 Å². The molecule has 0 saturated carbocycles. The minimum Gasteiger partial charge on any atom is -0.449 e. The van der Waals surface area contributed by atoms with E-state index < -0.39 is 24.0 Å². The van der Waals surface area contributed by atoms with Gasteiger partial charge in [0.1, 0.15) is 0 Å². The maximum absolute atomic E-state index is 12.4. The van der Waals surface area contributed by atoms with Gasteiger partial charge < -0.3 is 10.1 Å². The smallest absolute Gasteiger partial charge is 0.339 e. The topological polar surface area (TPSA) is 97.4 Å². The maximum Gasteiger partial charge on any atom is 0.339 e. The van der Waals surface area contributed by atoms with Gasteiger partial charge in [-0.25, -0.2) is 9.59 Å². The van der Waals surface area contributed by atoms with Crippen LogP contribution in [0.3, 0.4) is 0 Å². The van der Waals surface area contributed by atoms with Crippen molar-refractivity contribution in [1.82, 2.24) is 15.6 Å². The molecule has 0 radical (unpaired) electrons. The number of hydrogen-bond donors (Lipinski definition) is 2. The summed E-state index contributed by atoms with van der Waals surface area (Å²) in [5.41, 5.74) is 1.67. The number of ether oxygens (including phenoxy) is 1. The van der Waals surface area contributed by atoms with E-state index in [0.717, 1.165) is 0 Å². The third kappa shape index (κ3) is 4.07. The van der Waals surface area contributed by atoms with Gasteiger partial charge >= 0.3 is 12.0 Å². The van der Waals surface area contributed by atoms with E-state index >= 15 is 0 Å². The molecule has 0 spiro atoms. The van der Waals surface area contributed by atoms with E-state index in [1.165, 1.54) is 6.92 Å². The highest BCUT2D eigenvalue weighted by molar-refractivity contribution is 6.05. The number of nitrogens with zero attached hydrogens (tertiary/aromatic N) is 1. The second kappa shape index (κ2) is 7.54. The summed E-state index contributed by atoms with van der Waals surface area (Å²) in [6, 6.07) is 8.16. The molecule has 1 aromatic heterocycles. The Hall–Kier alpha value is -2.96. The van der Waals surface area contributed by atoms with Crippen LogP contribution in [0.2, 0.25) is 0 Å². The molecule has 1 atom stereocenters. The van der Waals surface area contributed by atoms with Crippen molar-refractivity contribution in [3.63, 3.8) is 0 Å². The van der Waals surface area contributed by atoms with E-state index in [9.17, 15) is 14.4 Å². The van der Waals surface area contributed by atoms with Gasteiger partial charge in [-0.2, -0.15) is 0 Å². The second-order valence-corrected chi connectivity index (χ2v) is 5.22. The molecule has 0 unspecified atom stereocenters. The molecule has 126 valence electrons. The molecule has 2 aromatic rings. The van der Waals surface area contributed by atoms with E-state index in [-0.39, 0.29) is 0 Å². The number of esters is 1. The molecular formula is C17H19N3O4. The van der Waals surface area contributed by atoms with Gasteiger partial charge in [0.25, 0.3) is 5.91 Å². The van der Waals surface area contributed by atoms with E-state index in [1.54, 1.807) is 38.1 Å². The Balaban J connectivity index is 2.15. The lowest BCUT2D eigenvalue weighted by molar-refractivity contribution is -0.127. The van der Waals surface area contributed by atoms with Crippen LogP contribution >= 0.6 is 0 Å². The Bertz CT molecular complexity index is 788. The Labute approximate surface area is 139 Å².